The van der Waals surface area contributed by atoms with Crippen LogP contribution in [0.5, 0.6) is 0 Å². The molecule has 172 valence electrons. The third-order valence-electron chi connectivity index (χ3n) is 7.27. The maximum atomic E-state index is 13.1. The minimum atomic E-state index is -4.34. The SMILES string of the molecule is CN1CCc2cc(C(CCB3OC(C)(C)C(C)(C)O3)c3ccc(C(F)(F)F)cc3)ccc21. The number of halogens is 3. The maximum absolute atomic E-state index is 13.1. The molecule has 2 aromatic rings. The van der Waals surface area contributed by atoms with Crippen LogP contribution < -0.4 is 4.90 Å². The zero-order valence-electron chi connectivity index (χ0n) is 19.4. The van der Waals surface area contributed by atoms with Crippen molar-refractivity contribution < 1.29 is 22.5 Å². The van der Waals surface area contributed by atoms with Gasteiger partial charge in [0.15, 0.2) is 0 Å². The number of fused-ring (bicyclic) bond motifs is 1. The molecule has 1 atom stereocenters. The van der Waals surface area contributed by atoms with Gasteiger partial charge in [0.05, 0.1) is 16.8 Å². The number of likely N-dealkylation sites (N-methyl/N-ethyl adjacent to an activating group) is 1. The molecule has 2 aliphatic rings. The van der Waals surface area contributed by atoms with Gasteiger partial charge in [-0.3, -0.25) is 0 Å². The van der Waals surface area contributed by atoms with Crippen LogP contribution in [0, 0.1) is 0 Å². The summed E-state index contributed by atoms with van der Waals surface area (Å²) in [7, 11) is 1.74. The van der Waals surface area contributed by atoms with Gasteiger partial charge >= 0.3 is 13.3 Å². The van der Waals surface area contributed by atoms with Crippen LogP contribution >= 0.6 is 0 Å². The van der Waals surface area contributed by atoms with Gasteiger partial charge in [0.1, 0.15) is 0 Å². The molecule has 2 heterocycles. The van der Waals surface area contributed by atoms with Crippen LogP contribution in [0.15, 0.2) is 42.5 Å². The summed E-state index contributed by atoms with van der Waals surface area (Å²) in [6, 6.07) is 12.0. The molecule has 2 aliphatic heterocycles. The summed E-state index contributed by atoms with van der Waals surface area (Å²) in [4.78, 5) is 2.23. The highest BCUT2D eigenvalue weighted by molar-refractivity contribution is 6.45. The summed E-state index contributed by atoms with van der Waals surface area (Å²) in [5.41, 5.74) is 3.08. The Hall–Kier alpha value is -1.99. The van der Waals surface area contributed by atoms with Crippen LogP contribution in [-0.4, -0.2) is 31.9 Å². The number of anilines is 1. The zero-order chi connectivity index (χ0) is 23.3. The Bertz CT molecular complexity index is 956. The van der Waals surface area contributed by atoms with Crippen molar-refractivity contribution in [2.45, 2.75) is 70.2 Å². The van der Waals surface area contributed by atoms with E-state index in [4.69, 9.17) is 9.31 Å². The Morgan fingerprint density at radius 1 is 0.969 bits per heavy atom. The van der Waals surface area contributed by atoms with Crippen molar-refractivity contribution in [3.05, 3.63) is 64.7 Å². The topological polar surface area (TPSA) is 21.7 Å². The van der Waals surface area contributed by atoms with Gasteiger partial charge in [0, 0.05) is 25.2 Å². The number of hydrogen-bond acceptors (Lipinski definition) is 3. The van der Waals surface area contributed by atoms with E-state index in [1.165, 1.54) is 23.4 Å². The molecule has 0 N–H and O–H groups in total. The van der Waals surface area contributed by atoms with E-state index in [9.17, 15) is 13.2 Å². The van der Waals surface area contributed by atoms with E-state index >= 15 is 0 Å². The summed E-state index contributed by atoms with van der Waals surface area (Å²) >= 11 is 0. The molecule has 1 unspecified atom stereocenters. The van der Waals surface area contributed by atoms with Crippen molar-refractivity contribution in [2.24, 2.45) is 0 Å². The van der Waals surface area contributed by atoms with Crippen molar-refractivity contribution >= 4 is 12.8 Å². The fourth-order valence-corrected chi connectivity index (χ4v) is 4.62. The smallest absolute Gasteiger partial charge is 0.403 e. The normalized spacial score (nSPS) is 20.5. The molecule has 7 heteroatoms. The highest BCUT2D eigenvalue weighted by Crippen LogP contribution is 2.41. The second-order valence-corrected chi connectivity index (χ2v) is 10.00. The van der Waals surface area contributed by atoms with Crippen LogP contribution in [0.25, 0.3) is 0 Å². The van der Waals surface area contributed by atoms with Gasteiger partial charge in [-0.25, -0.2) is 0 Å². The average molecular weight is 445 g/mol. The fourth-order valence-electron chi connectivity index (χ4n) is 4.62. The molecule has 0 aromatic heterocycles. The molecule has 1 saturated heterocycles. The number of rotatable bonds is 5. The monoisotopic (exact) mass is 445 g/mol. The number of alkyl halides is 3. The molecule has 0 spiro atoms. The molecule has 0 aliphatic carbocycles. The predicted octanol–water partition coefficient (Wildman–Crippen LogP) is 6.31. The lowest BCUT2D eigenvalue weighted by Gasteiger charge is -2.32. The second-order valence-electron chi connectivity index (χ2n) is 10.00. The Morgan fingerprint density at radius 2 is 1.56 bits per heavy atom. The van der Waals surface area contributed by atoms with Gasteiger partial charge in [0.2, 0.25) is 0 Å². The van der Waals surface area contributed by atoms with Crippen LogP contribution in [-0.2, 0) is 21.9 Å². The lowest BCUT2D eigenvalue weighted by molar-refractivity contribution is -0.137. The summed E-state index contributed by atoms with van der Waals surface area (Å²) in [6.07, 6.45) is -1.97. The van der Waals surface area contributed by atoms with Crippen molar-refractivity contribution in [1.29, 1.82) is 0 Å². The molecule has 4 rings (SSSR count). The summed E-state index contributed by atoms with van der Waals surface area (Å²) in [5, 5.41) is 0. The molecule has 2 aromatic carbocycles. The molecule has 0 bridgehead atoms. The van der Waals surface area contributed by atoms with Crippen molar-refractivity contribution in [1.82, 2.24) is 0 Å². The Kier molecular flexibility index (Phi) is 5.87. The quantitative estimate of drug-likeness (QED) is 0.504. The van der Waals surface area contributed by atoms with Gasteiger partial charge < -0.3 is 14.2 Å². The molecule has 32 heavy (non-hydrogen) atoms. The van der Waals surface area contributed by atoms with E-state index in [0.717, 1.165) is 30.5 Å². The third kappa shape index (κ3) is 4.42. The lowest BCUT2D eigenvalue weighted by Crippen LogP contribution is -2.41. The van der Waals surface area contributed by atoms with Gasteiger partial charge in [-0.15, -0.1) is 0 Å². The van der Waals surface area contributed by atoms with Gasteiger partial charge in [-0.2, -0.15) is 13.2 Å². The lowest BCUT2D eigenvalue weighted by atomic mass is 9.76. The first-order chi connectivity index (χ1) is 14.9. The number of hydrogen-bond donors (Lipinski definition) is 0. The van der Waals surface area contributed by atoms with Gasteiger partial charge in [0.25, 0.3) is 0 Å². The minimum absolute atomic E-state index is 0.0347. The first-order valence-electron chi connectivity index (χ1n) is 11.2. The van der Waals surface area contributed by atoms with E-state index < -0.39 is 22.9 Å². The van der Waals surface area contributed by atoms with E-state index in [-0.39, 0.29) is 13.0 Å². The van der Waals surface area contributed by atoms with Crippen LogP contribution in [0.2, 0.25) is 6.32 Å². The molecular formula is C25H31BF3NO2. The number of nitrogens with zero attached hydrogens (tertiary/aromatic N) is 1. The Morgan fingerprint density at radius 3 is 2.16 bits per heavy atom. The van der Waals surface area contributed by atoms with E-state index in [2.05, 4.69) is 30.1 Å². The summed E-state index contributed by atoms with van der Waals surface area (Å²) < 4.78 is 51.6. The molecule has 0 saturated carbocycles. The van der Waals surface area contributed by atoms with Crippen LogP contribution in [0.1, 0.15) is 62.3 Å². The van der Waals surface area contributed by atoms with Gasteiger partial charge in [-0.1, -0.05) is 24.3 Å². The molecule has 0 radical (unpaired) electrons. The van der Waals surface area contributed by atoms with E-state index in [1.807, 2.05) is 27.7 Å². The van der Waals surface area contributed by atoms with Crippen molar-refractivity contribution in [2.75, 3.05) is 18.5 Å². The minimum Gasteiger partial charge on any atom is -0.403 e. The molecule has 3 nitrogen and oxygen atoms in total. The standard InChI is InChI=1S/C25H31BF3NO2/c1-23(2)24(3,4)32-26(31-23)14-12-21(17-6-9-20(10-7-17)25(27,28)29)18-8-11-22-19(16-18)13-15-30(22)5/h6-11,16,21H,12-15H2,1-5H3. The highest BCUT2D eigenvalue weighted by atomic mass is 19.4. The molecular weight excluding hydrogens is 414 g/mol. The Balaban J connectivity index is 1.60. The largest absolute Gasteiger partial charge is 0.457 e. The first-order valence-corrected chi connectivity index (χ1v) is 11.2. The maximum Gasteiger partial charge on any atom is 0.457 e. The van der Waals surface area contributed by atoms with Gasteiger partial charge in [-0.05, 0) is 81.7 Å². The predicted molar refractivity (Wildman–Crippen MR) is 122 cm³/mol. The van der Waals surface area contributed by atoms with E-state index in [0.29, 0.717) is 6.32 Å². The zero-order valence-corrected chi connectivity index (χ0v) is 19.4. The third-order valence-corrected chi connectivity index (χ3v) is 7.27. The number of benzene rings is 2. The summed E-state index contributed by atoms with van der Waals surface area (Å²) in [6.45, 7) is 9.08. The van der Waals surface area contributed by atoms with Crippen LogP contribution in [0.4, 0.5) is 18.9 Å². The van der Waals surface area contributed by atoms with Crippen LogP contribution in [0.3, 0.4) is 0 Å². The second kappa shape index (κ2) is 8.10. The van der Waals surface area contributed by atoms with E-state index in [1.54, 1.807) is 12.1 Å². The highest BCUT2D eigenvalue weighted by Gasteiger charge is 2.50. The Labute approximate surface area is 189 Å². The molecule has 0 amide bonds. The fraction of sp³-hybridized carbons (Fsp3) is 0.520. The average Bonchev–Trinajstić information content (AvgIpc) is 3.17. The van der Waals surface area contributed by atoms with Crippen molar-refractivity contribution in [3.8, 4) is 0 Å². The summed E-state index contributed by atoms with van der Waals surface area (Å²) in [5.74, 6) is -0.0347. The first kappa shape index (κ1) is 23.2. The van der Waals surface area contributed by atoms with Crippen molar-refractivity contribution in [3.63, 3.8) is 0 Å². The molecule has 1 fully saturated rings.